The highest BCUT2D eigenvalue weighted by atomic mass is 127. The van der Waals surface area contributed by atoms with E-state index in [1.165, 1.54) is 25.7 Å². The summed E-state index contributed by atoms with van der Waals surface area (Å²) in [5.41, 5.74) is 0.716. The average Bonchev–Trinajstić information content (AvgIpc) is 2.98. The summed E-state index contributed by atoms with van der Waals surface area (Å²) >= 11 is 0. The molecule has 17 heavy (non-hydrogen) atoms. The summed E-state index contributed by atoms with van der Waals surface area (Å²) in [5.74, 6) is 1.95. The van der Waals surface area contributed by atoms with Crippen LogP contribution >= 0.6 is 24.0 Å². The third-order valence-electron chi connectivity index (χ3n) is 3.66. The molecule has 0 aromatic heterocycles. The van der Waals surface area contributed by atoms with E-state index in [0.717, 1.165) is 18.4 Å². The van der Waals surface area contributed by atoms with Crippen molar-refractivity contribution in [1.29, 1.82) is 0 Å². The zero-order valence-electron chi connectivity index (χ0n) is 11.5. The van der Waals surface area contributed by atoms with Crippen LogP contribution in [-0.2, 0) is 0 Å². The Bertz CT molecular complexity index is 286. The number of nitrogens with one attached hydrogen (secondary N) is 2. The molecule has 0 atom stereocenters. The predicted octanol–water partition coefficient (Wildman–Crippen LogP) is 2.76. The van der Waals surface area contributed by atoms with Gasteiger partial charge in [-0.2, -0.15) is 0 Å². The van der Waals surface area contributed by atoms with Crippen LogP contribution in [0.3, 0.4) is 0 Å². The molecule has 0 saturated heterocycles. The van der Waals surface area contributed by atoms with E-state index >= 15 is 0 Å². The highest BCUT2D eigenvalue weighted by Crippen LogP contribution is 2.60. The molecular formula is C13H26IN3. The molecule has 100 valence electrons. The molecule has 0 spiro atoms. The van der Waals surface area contributed by atoms with Crippen LogP contribution in [0.5, 0.6) is 0 Å². The molecule has 2 fully saturated rings. The molecule has 0 aromatic carbocycles. The lowest BCUT2D eigenvalue weighted by Gasteiger charge is -2.25. The van der Waals surface area contributed by atoms with Crippen LogP contribution in [0.4, 0.5) is 0 Å². The Balaban J connectivity index is 0.00000144. The quantitative estimate of drug-likeness (QED) is 0.466. The molecule has 0 radical (unpaired) electrons. The van der Waals surface area contributed by atoms with Gasteiger partial charge in [-0.1, -0.05) is 0 Å². The summed E-state index contributed by atoms with van der Waals surface area (Å²) in [5, 5.41) is 6.89. The molecular weight excluding hydrogens is 325 g/mol. The highest BCUT2D eigenvalue weighted by Gasteiger charge is 2.53. The van der Waals surface area contributed by atoms with Crippen LogP contribution < -0.4 is 10.6 Å². The molecule has 0 aromatic rings. The van der Waals surface area contributed by atoms with E-state index in [1.807, 2.05) is 7.05 Å². The topological polar surface area (TPSA) is 36.4 Å². The number of hydrogen-bond donors (Lipinski definition) is 2. The molecule has 0 bridgehead atoms. The van der Waals surface area contributed by atoms with E-state index in [4.69, 9.17) is 0 Å². The van der Waals surface area contributed by atoms with Gasteiger partial charge in [0.25, 0.3) is 0 Å². The Morgan fingerprint density at radius 1 is 1.29 bits per heavy atom. The van der Waals surface area contributed by atoms with Gasteiger partial charge in [0.2, 0.25) is 0 Å². The van der Waals surface area contributed by atoms with Crippen molar-refractivity contribution in [2.45, 2.75) is 52.0 Å². The van der Waals surface area contributed by atoms with Crippen molar-refractivity contribution in [2.24, 2.45) is 16.3 Å². The van der Waals surface area contributed by atoms with Crippen molar-refractivity contribution in [2.75, 3.05) is 13.6 Å². The lowest BCUT2D eigenvalue weighted by atomic mass is 10.0. The SMILES string of the molecule is CN=C(NCC1(C2CC2)CC1)NC(C)(C)C.I. The summed E-state index contributed by atoms with van der Waals surface area (Å²) in [6.07, 6.45) is 5.73. The highest BCUT2D eigenvalue weighted by molar-refractivity contribution is 14.0. The van der Waals surface area contributed by atoms with Gasteiger partial charge < -0.3 is 10.6 Å². The van der Waals surface area contributed by atoms with Gasteiger partial charge in [0.1, 0.15) is 0 Å². The minimum Gasteiger partial charge on any atom is -0.356 e. The summed E-state index contributed by atoms with van der Waals surface area (Å²) < 4.78 is 0. The first-order valence-electron chi connectivity index (χ1n) is 6.44. The van der Waals surface area contributed by atoms with Gasteiger partial charge in [0.05, 0.1) is 0 Å². The molecule has 0 amide bonds. The van der Waals surface area contributed by atoms with Crippen molar-refractivity contribution in [3.05, 3.63) is 0 Å². The van der Waals surface area contributed by atoms with Crippen LogP contribution in [-0.4, -0.2) is 25.1 Å². The first-order valence-corrected chi connectivity index (χ1v) is 6.44. The summed E-state index contributed by atoms with van der Waals surface area (Å²) in [4.78, 5) is 4.28. The van der Waals surface area contributed by atoms with Gasteiger partial charge in [0, 0.05) is 19.1 Å². The molecule has 2 saturated carbocycles. The molecule has 0 unspecified atom stereocenters. The molecule has 0 heterocycles. The Morgan fingerprint density at radius 2 is 1.88 bits per heavy atom. The third-order valence-corrected chi connectivity index (χ3v) is 3.66. The zero-order valence-corrected chi connectivity index (χ0v) is 13.8. The van der Waals surface area contributed by atoms with E-state index in [9.17, 15) is 0 Å². The first-order chi connectivity index (χ1) is 7.45. The Labute approximate surface area is 122 Å². The van der Waals surface area contributed by atoms with Crippen molar-refractivity contribution >= 4 is 29.9 Å². The average molecular weight is 351 g/mol. The summed E-state index contributed by atoms with van der Waals surface area (Å²) in [6, 6.07) is 0. The zero-order chi connectivity index (χ0) is 11.8. The molecule has 3 nitrogen and oxygen atoms in total. The minimum atomic E-state index is 0. The summed E-state index contributed by atoms with van der Waals surface area (Å²) in [7, 11) is 1.85. The second-order valence-electron chi connectivity index (χ2n) is 6.44. The number of nitrogens with zero attached hydrogens (tertiary/aromatic N) is 1. The van der Waals surface area contributed by atoms with E-state index in [1.54, 1.807) is 0 Å². The largest absolute Gasteiger partial charge is 0.356 e. The van der Waals surface area contributed by atoms with Gasteiger partial charge in [-0.15, -0.1) is 24.0 Å². The molecule has 2 aliphatic carbocycles. The first kappa shape index (κ1) is 15.1. The third kappa shape index (κ3) is 4.30. The second kappa shape index (κ2) is 5.33. The minimum absolute atomic E-state index is 0. The van der Waals surface area contributed by atoms with Gasteiger partial charge in [-0.05, 0) is 57.8 Å². The van der Waals surface area contributed by atoms with E-state index in [-0.39, 0.29) is 29.5 Å². The van der Waals surface area contributed by atoms with Crippen molar-refractivity contribution in [3.8, 4) is 0 Å². The lowest BCUT2D eigenvalue weighted by molar-refractivity contribution is 0.424. The predicted molar refractivity (Wildman–Crippen MR) is 84.1 cm³/mol. The standard InChI is InChI=1S/C13H25N3.HI/c1-12(2,3)16-11(14-4)15-9-13(7-8-13)10-5-6-10;/h10H,5-9H2,1-4H3,(H2,14,15,16);1H. The number of rotatable bonds is 3. The van der Waals surface area contributed by atoms with Crippen LogP contribution in [0.15, 0.2) is 4.99 Å². The Hall–Kier alpha value is 0. The molecule has 2 aliphatic rings. The van der Waals surface area contributed by atoms with E-state index in [0.29, 0.717) is 5.41 Å². The second-order valence-corrected chi connectivity index (χ2v) is 6.44. The molecule has 4 heteroatoms. The normalized spacial score (nSPS) is 22.7. The maximum absolute atomic E-state index is 4.28. The lowest BCUT2D eigenvalue weighted by Crippen LogP contribution is -2.49. The molecule has 2 N–H and O–H groups in total. The number of aliphatic imine (C=N–C) groups is 1. The van der Waals surface area contributed by atoms with Crippen LogP contribution in [0.1, 0.15) is 46.5 Å². The van der Waals surface area contributed by atoms with Crippen LogP contribution in [0.2, 0.25) is 0 Å². The molecule has 0 aliphatic heterocycles. The monoisotopic (exact) mass is 351 g/mol. The Morgan fingerprint density at radius 3 is 2.24 bits per heavy atom. The fourth-order valence-electron chi connectivity index (χ4n) is 2.38. The van der Waals surface area contributed by atoms with Crippen molar-refractivity contribution in [1.82, 2.24) is 10.6 Å². The van der Waals surface area contributed by atoms with E-state index < -0.39 is 0 Å². The smallest absolute Gasteiger partial charge is 0.191 e. The Kier molecular flexibility index (Phi) is 4.72. The van der Waals surface area contributed by atoms with Crippen LogP contribution in [0.25, 0.3) is 0 Å². The van der Waals surface area contributed by atoms with Gasteiger partial charge in [-0.25, -0.2) is 0 Å². The van der Waals surface area contributed by atoms with Gasteiger partial charge >= 0.3 is 0 Å². The van der Waals surface area contributed by atoms with Crippen LogP contribution in [0, 0.1) is 11.3 Å². The maximum atomic E-state index is 4.28. The maximum Gasteiger partial charge on any atom is 0.191 e. The number of hydrogen-bond acceptors (Lipinski definition) is 1. The molecule has 2 rings (SSSR count). The van der Waals surface area contributed by atoms with Crippen molar-refractivity contribution < 1.29 is 0 Å². The van der Waals surface area contributed by atoms with Gasteiger partial charge in [-0.3, -0.25) is 4.99 Å². The van der Waals surface area contributed by atoms with Crippen molar-refractivity contribution in [3.63, 3.8) is 0 Å². The summed E-state index contributed by atoms with van der Waals surface area (Å²) in [6.45, 7) is 7.59. The fraction of sp³-hybridized carbons (Fsp3) is 0.923. The number of halogens is 1. The van der Waals surface area contributed by atoms with Gasteiger partial charge in [0.15, 0.2) is 5.96 Å². The van der Waals surface area contributed by atoms with E-state index in [2.05, 4.69) is 36.4 Å². The fourth-order valence-corrected chi connectivity index (χ4v) is 2.38. The number of guanidine groups is 1.